The molecule has 0 aromatic heterocycles. The first-order chi connectivity index (χ1) is 26.1. The molecule has 55 heavy (non-hydrogen) atoms. The van der Waals surface area contributed by atoms with E-state index in [0.29, 0.717) is 19.3 Å². The summed E-state index contributed by atoms with van der Waals surface area (Å²) < 4.78 is 43.9. The highest BCUT2D eigenvalue weighted by molar-refractivity contribution is 7.90. The van der Waals surface area contributed by atoms with E-state index in [2.05, 4.69) is 32.2 Å². The average molecular weight is 825 g/mol. The molecule has 2 bridgehead atoms. The van der Waals surface area contributed by atoms with Gasteiger partial charge in [0.2, 0.25) is 0 Å². The molecule has 0 amide bonds. The van der Waals surface area contributed by atoms with Gasteiger partial charge in [-0.15, -0.1) is 8.67 Å². The highest BCUT2D eigenvalue weighted by Gasteiger charge is 2.67. The van der Waals surface area contributed by atoms with Gasteiger partial charge in [0, 0.05) is 11.8 Å². The van der Waals surface area contributed by atoms with Gasteiger partial charge < -0.3 is 44.8 Å². The van der Waals surface area contributed by atoms with Crippen LogP contribution in [0.15, 0.2) is 12.2 Å². The fourth-order valence-electron chi connectivity index (χ4n) is 10.1. The van der Waals surface area contributed by atoms with Crippen molar-refractivity contribution >= 4 is 48.5 Å². The summed E-state index contributed by atoms with van der Waals surface area (Å²) >= 11 is 0.0544. The topological polar surface area (TPSA) is 267 Å². The standard InChI is InChI=1S/C34H50O19S2/c1-16(2)11-26(38)47-29-28(49-55-53-51-43)27(48-54-52-50-42)22(15-44-25(37)8-7-24(35)36)46-32(29)45-19-12-20(31(40)41)21-9-10-34-13-18(17(3)30(34)39)5-6-23(34)33(21,4)14-19/h16,18-23,27-30,32,39,42-43H,3,5-15H2,1-2,4H3,(H,35,36)(H,40,41)/p-2/t18?,19?,20?,21?,22-,23?,27+,28+,29?,30-,32+,33?,34?/m0/s1. The van der Waals surface area contributed by atoms with Crippen molar-refractivity contribution < 1.29 is 91.1 Å². The Morgan fingerprint density at radius 2 is 1.65 bits per heavy atom. The number of aliphatic hydroxyl groups is 1. The normalized spacial score (nSPS) is 38.2. The Bertz CT molecular complexity index is 1390. The summed E-state index contributed by atoms with van der Waals surface area (Å²) in [7, 11) is 0. The number of carbonyl (C=O) groups excluding carboxylic acids is 2. The second-order valence-electron chi connectivity index (χ2n) is 15.7. The van der Waals surface area contributed by atoms with Crippen molar-refractivity contribution in [1.29, 1.82) is 0 Å². The molecule has 1 aliphatic heterocycles. The Balaban J connectivity index is 1.48. The van der Waals surface area contributed by atoms with Gasteiger partial charge in [0.05, 0.1) is 31.0 Å². The molecule has 1 heterocycles. The molecule has 5 rings (SSSR count). The second kappa shape index (κ2) is 19.1. The molecule has 8 unspecified atom stereocenters. The number of esters is 2. The van der Waals surface area contributed by atoms with Gasteiger partial charge in [0.15, 0.2) is 37.0 Å². The van der Waals surface area contributed by atoms with Crippen LogP contribution in [0.2, 0.25) is 0 Å². The van der Waals surface area contributed by atoms with Crippen LogP contribution in [0, 0.1) is 40.4 Å². The molecule has 4 saturated carbocycles. The lowest BCUT2D eigenvalue weighted by molar-refractivity contribution is -0.778. The fourth-order valence-corrected chi connectivity index (χ4v) is 10.9. The molecule has 0 aromatic rings. The zero-order valence-corrected chi connectivity index (χ0v) is 32.2. The van der Waals surface area contributed by atoms with Gasteiger partial charge in [-0.2, -0.15) is 0 Å². The number of fused-ring (bicyclic) bond motifs is 3. The van der Waals surface area contributed by atoms with E-state index < -0.39 is 103 Å². The Labute approximate surface area is 326 Å². The Morgan fingerprint density at radius 1 is 0.964 bits per heavy atom. The molecule has 19 nitrogen and oxygen atoms in total. The molecule has 21 heteroatoms. The van der Waals surface area contributed by atoms with Crippen LogP contribution in [0.3, 0.4) is 0 Å². The van der Waals surface area contributed by atoms with Crippen molar-refractivity contribution in [2.24, 2.45) is 40.4 Å². The van der Waals surface area contributed by atoms with Gasteiger partial charge in [0.25, 0.3) is 0 Å². The van der Waals surface area contributed by atoms with Crippen LogP contribution in [0.5, 0.6) is 0 Å². The van der Waals surface area contributed by atoms with E-state index in [1.165, 1.54) is 0 Å². The predicted octanol–water partition coefficient (Wildman–Crippen LogP) is 2.05. The van der Waals surface area contributed by atoms with Crippen LogP contribution in [0.1, 0.15) is 85.0 Å². The maximum absolute atomic E-state index is 13.2. The zero-order valence-electron chi connectivity index (χ0n) is 30.6. The molecule has 1 spiro atoms. The summed E-state index contributed by atoms with van der Waals surface area (Å²) in [6.07, 6.45) is -5.98. The predicted molar refractivity (Wildman–Crippen MR) is 180 cm³/mol. The molecule has 312 valence electrons. The van der Waals surface area contributed by atoms with Gasteiger partial charge >= 0.3 is 23.9 Å². The van der Waals surface area contributed by atoms with Crippen molar-refractivity contribution in [3.05, 3.63) is 12.2 Å². The average Bonchev–Trinajstić information content (AvgIpc) is 3.29. The molecule has 0 radical (unpaired) electrons. The first kappa shape index (κ1) is 44.0. The van der Waals surface area contributed by atoms with Gasteiger partial charge in [-0.1, -0.05) is 27.4 Å². The summed E-state index contributed by atoms with van der Waals surface area (Å²) in [6.45, 7) is 9.22. The molecule has 0 aromatic carbocycles. The summed E-state index contributed by atoms with van der Waals surface area (Å²) in [5.74, 6) is -4.93. The number of carboxylic acid groups (broad SMARTS) is 2. The number of hydrogen-bond acceptors (Lipinski definition) is 19. The van der Waals surface area contributed by atoms with E-state index in [9.17, 15) is 39.9 Å². The van der Waals surface area contributed by atoms with Crippen molar-refractivity contribution in [1.82, 2.24) is 0 Å². The van der Waals surface area contributed by atoms with Crippen LogP contribution in [-0.2, 0) is 65.2 Å². The molecular formula is C34H48O19S2-2. The van der Waals surface area contributed by atoms with Crippen LogP contribution in [-0.4, -0.2) is 88.7 Å². The van der Waals surface area contributed by atoms with Crippen LogP contribution < -0.4 is 10.5 Å². The molecular weight excluding hydrogens is 776 g/mol. The van der Waals surface area contributed by atoms with Gasteiger partial charge in [0.1, 0.15) is 24.9 Å². The van der Waals surface area contributed by atoms with E-state index in [1.54, 1.807) is 13.8 Å². The highest BCUT2D eigenvalue weighted by atomic mass is 32.2. The second-order valence-corrected chi connectivity index (χ2v) is 16.7. The minimum absolute atomic E-state index is 0.0255. The van der Waals surface area contributed by atoms with Crippen LogP contribution in [0.4, 0.5) is 0 Å². The quantitative estimate of drug-likeness (QED) is 0.0320. The summed E-state index contributed by atoms with van der Waals surface area (Å²) in [6, 6.07) is 0. The zero-order chi connectivity index (χ0) is 40.1. The number of hydrogen-bond donors (Lipinski definition) is 3. The first-order valence-corrected chi connectivity index (χ1v) is 19.5. The number of ether oxygens (including phenoxy) is 4. The Morgan fingerprint density at radius 3 is 2.29 bits per heavy atom. The highest BCUT2D eigenvalue weighted by Crippen LogP contribution is 2.70. The number of rotatable bonds is 19. The maximum atomic E-state index is 13.2. The Hall–Kier alpha value is -2.12. The van der Waals surface area contributed by atoms with Crippen molar-refractivity contribution in [3.8, 4) is 0 Å². The van der Waals surface area contributed by atoms with Crippen LogP contribution >= 0.6 is 24.6 Å². The molecule has 3 N–H and O–H groups in total. The third kappa shape index (κ3) is 9.78. The molecule has 1 saturated heterocycles. The largest absolute Gasteiger partial charge is 0.691 e. The monoisotopic (exact) mass is 824 g/mol. The fraction of sp³-hybridized carbons (Fsp3) is 0.824. The summed E-state index contributed by atoms with van der Waals surface area (Å²) in [5.41, 5.74) is -0.224. The number of carbonyl (C=O) groups is 4. The molecule has 5 fully saturated rings. The van der Waals surface area contributed by atoms with E-state index >= 15 is 0 Å². The van der Waals surface area contributed by atoms with E-state index in [4.69, 9.17) is 32.4 Å². The smallest absolute Gasteiger partial charge is 0.306 e. The maximum Gasteiger partial charge on any atom is 0.306 e. The van der Waals surface area contributed by atoms with E-state index in [-0.39, 0.29) is 61.2 Å². The summed E-state index contributed by atoms with van der Waals surface area (Å²) in [4.78, 5) is 49.7. The van der Waals surface area contributed by atoms with Gasteiger partial charge in [-0.05, 0) is 79.6 Å². The van der Waals surface area contributed by atoms with Crippen molar-refractivity contribution in [2.75, 3.05) is 6.61 Å². The van der Waals surface area contributed by atoms with Gasteiger partial charge in [-0.3, -0.25) is 37.6 Å². The lowest BCUT2D eigenvalue weighted by atomic mass is 9.43. The Kier molecular flexibility index (Phi) is 15.3. The minimum atomic E-state index is -1.55. The third-order valence-corrected chi connectivity index (χ3v) is 13.0. The van der Waals surface area contributed by atoms with Crippen LogP contribution in [0.25, 0.3) is 0 Å². The lowest BCUT2D eigenvalue weighted by Crippen LogP contribution is -2.63. The van der Waals surface area contributed by atoms with E-state index in [1.807, 2.05) is 0 Å². The van der Waals surface area contributed by atoms with E-state index in [0.717, 1.165) is 24.8 Å². The summed E-state index contributed by atoms with van der Waals surface area (Å²) in [5, 5.41) is 59.2. The van der Waals surface area contributed by atoms with Crippen molar-refractivity contribution in [3.63, 3.8) is 0 Å². The van der Waals surface area contributed by atoms with Gasteiger partial charge in [-0.25, -0.2) is 0 Å². The third-order valence-electron chi connectivity index (χ3n) is 12.2. The SMILES string of the molecule is C=C1C2CCC3C4(C)CC(O[C@@H]5O[C@@H](COC(=O)CCC(=O)O)[C@@H](OSOO[O-])[C@@H](OSOO[O-])C5OC(=O)CC(C)C)CC(C(=O)O)C4CCC3(C2)[C@H]1O. The number of aliphatic hydroxyl groups excluding tert-OH is 1. The molecule has 5 aliphatic rings. The lowest BCUT2D eigenvalue weighted by Gasteiger charge is -2.62. The number of carboxylic acids is 2. The first-order valence-electron chi connectivity index (χ1n) is 18.2. The molecule has 13 atom stereocenters. The number of aliphatic carboxylic acids is 2. The molecule has 4 aliphatic carbocycles. The minimum Gasteiger partial charge on any atom is -0.691 e. The van der Waals surface area contributed by atoms with Crippen molar-refractivity contribution in [2.45, 2.75) is 128 Å².